The van der Waals surface area contributed by atoms with Crippen LogP contribution in [0.25, 0.3) is 22.5 Å². The first kappa shape index (κ1) is 32.5. The number of hydrogen-bond acceptors (Lipinski definition) is 13. The van der Waals surface area contributed by atoms with Gasteiger partial charge in [0.15, 0.2) is 17.5 Å². The van der Waals surface area contributed by atoms with Crippen molar-refractivity contribution in [2.24, 2.45) is 0 Å². The van der Waals surface area contributed by atoms with Crippen LogP contribution in [0.5, 0.6) is 0 Å². The second-order valence-corrected chi connectivity index (χ2v) is 12.0. The molecule has 2 aromatic carbocycles. The van der Waals surface area contributed by atoms with E-state index in [4.69, 9.17) is 9.47 Å². The average molecular weight is 667 g/mol. The summed E-state index contributed by atoms with van der Waals surface area (Å²) in [6.07, 6.45) is -5.87. The fraction of sp³-hybridized carbons (Fsp3) is 0.429. The normalized spacial score (nSPS) is 31.7. The van der Waals surface area contributed by atoms with E-state index in [1.165, 1.54) is 17.1 Å². The predicted octanol–water partition coefficient (Wildman–Crippen LogP) is 0.0145. The van der Waals surface area contributed by atoms with Crippen LogP contribution in [0, 0.1) is 17.5 Å². The SMILES string of the molecule is OCC1O[C@@H](SC2O[C@H](CO)C(O)C(n3cc(-c4ccccc4)nn3)[C@H]2O)[C@@H](O)C(n2cc(-c3cc(F)c(F)c(F)c3)nn2)[C@H]1O. The van der Waals surface area contributed by atoms with E-state index in [0.29, 0.717) is 17.8 Å². The molecule has 0 aliphatic carbocycles. The lowest BCUT2D eigenvalue weighted by Crippen LogP contribution is -2.58. The minimum absolute atomic E-state index is 0.107. The van der Waals surface area contributed by atoms with Gasteiger partial charge in [0.2, 0.25) is 0 Å². The van der Waals surface area contributed by atoms with Crippen LogP contribution in [0.2, 0.25) is 0 Å². The molecule has 5 unspecified atom stereocenters. The first-order valence-electron chi connectivity index (χ1n) is 14.1. The number of benzene rings is 2. The van der Waals surface area contributed by atoms with Gasteiger partial charge in [0.05, 0.1) is 25.6 Å². The van der Waals surface area contributed by atoms with Crippen molar-refractivity contribution in [3.63, 3.8) is 0 Å². The Hall–Kier alpha value is -3.46. The molecular formula is C28H29F3N6O8S. The van der Waals surface area contributed by atoms with Gasteiger partial charge in [-0.05, 0) is 12.1 Å². The maximum absolute atomic E-state index is 13.8. The highest BCUT2D eigenvalue weighted by Gasteiger charge is 2.51. The van der Waals surface area contributed by atoms with Gasteiger partial charge in [-0.2, -0.15) is 0 Å². The van der Waals surface area contributed by atoms with Crippen molar-refractivity contribution in [2.75, 3.05) is 13.2 Å². The van der Waals surface area contributed by atoms with Crippen LogP contribution in [0.15, 0.2) is 54.9 Å². The zero-order valence-corrected chi connectivity index (χ0v) is 24.4. The largest absolute Gasteiger partial charge is 0.394 e. The van der Waals surface area contributed by atoms with Crippen molar-refractivity contribution < 1.29 is 53.3 Å². The Kier molecular flexibility index (Phi) is 9.42. The maximum Gasteiger partial charge on any atom is 0.194 e. The summed E-state index contributed by atoms with van der Waals surface area (Å²) < 4.78 is 55.0. The van der Waals surface area contributed by atoms with E-state index in [1.807, 2.05) is 18.2 Å². The van der Waals surface area contributed by atoms with Crippen molar-refractivity contribution in [3.8, 4) is 22.5 Å². The minimum atomic E-state index is -1.66. The molecule has 6 rings (SSSR count). The number of aliphatic hydroxyl groups is 6. The lowest BCUT2D eigenvalue weighted by atomic mass is 9.97. The van der Waals surface area contributed by atoms with Gasteiger partial charge < -0.3 is 40.1 Å². The topological polar surface area (TPSA) is 201 Å². The molecule has 2 saturated heterocycles. The Morgan fingerprint density at radius 2 is 1.13 bits per heavy atom. The molecule has 6 N–H and O–H groups in total. The standard InChI is InChI=1S/C28H29F3N6O8S/c29-14-6-13(7-15(30)20(14)31)17-9-37(35-33-17)22-24(41)19(11-39)45-28(26(22)43)46-27-25(42)21(23(40)18(10-38)44-27)36-8-16(32-34-36)12-4-2-1-3-5-12/h1-9,18-19,21-28,38-43H,10-11H2/t18-,19?,21?,22?,23?,24+,25-,26+,27?,28+/m1/s1. The molecule has 10 atom stereocenters. The summed E-state index contributed by atoms with van der Waals surface area (Å²) in [6.45, 7) is -1.34. The molecule has 0 bridgehead atoms. The Balaban J connectivity index is 1.25. The summed E-state index contributed by atoms with van der Waals surface area (Å²) in [5.41, 5.74) is -1.62. The van der Waals surface area contributed by atoms with Crippen molar-refractivity contribution >= 4 is 11.8 Å². The van der Waals surface area contributed by atoms with Crippen LogP contribution < -0.4 is 0 Å². The Labute approximate surface area is 262 Å². The van der Waals surface area contributed by atoms with Gasteiger partial charge in [0.25, 0.3) is 0 Å². The molecule has 18 heteroatoms. The number of hydrogen-bond donors (Lipinski definition) is 6. The molecule has 4 heterocycles. The molecule has 246 valence electrons. The van der Waals surface area contributed by atoms with Crippen LogP contribution in [0.1, 0.15) is 12.1 Å². The summed E-state index contributed by atoms with van der Waals surface area (Å²) in [6, 6.07) is 7.99. The monoisotopic (exact) mass is 666 g/mol. The van der Waals surface area contributed by atoms with Gasteiger partial charge in [-0.3, -0.25) is 0 Å². The van der Waals surface area contributed by atoms with Gasteiger partial charge in [-0.1, -0.05) is 52.5 Å². The van der Waals surface area contributed by atoms with E-state index < -0.39 is 90.2 Å². The van der Waals surface area contributed by atoms with E-state index in [1.54, 1.807) is 12.1 Å². The van der Waals surface area contributed by atoms with Crippen molar-refractivity contribution in [1.29, 1.82) is 0 Å². The smallest absolute Gasteiger partial charge is 0.194 e. The molecule has 14 nitrogen and oxygen atoms in total. The molecule has 46 heavy (non-hydrogen) atoms. The second-order valence-electron chi connectivity index (χ2n) is 10.8. The third kappa shape index (κ3) is 6.03. The van der Waals surface area contributed by atoms with Crippen molar-refractivity contribution in [3.05, 3.63) is 72.3 Å². The highest BCUT2D eigenvalue weighted by Crippen LogP contribution is 2.42. The lowest BCUT2D eigenvalue weighted by molar-refractivity contribution is -0.189. The number of halogens is 3. The second kappa shape index (κ2) is 13.3. The number of aliphatic hydroxyl groups excluding tert-OH is 6. The predicted molar refractivity (Wildman–Crippen MR) is 152 cm³/mol. The molecule has 2 aliphatic rings. The van der Waals surface area contributed by atoms with Crippen molar-refractivity contribution in [2.45, 2.75) is 59.6 Å². The average Bonchev–Trinajstić information content (AvgIpc) is 3.74. The summed E-state index contributed by atoms with van der Waals surface area (Å²) in [4.78, 5) is 0. The highest BCUT2D eigenvalue weighted by atomic mass is 32.2. The van der Waals surface area contributed by atoms with Crippen LogP contribution in [-0.2, 0) is 9.47 Å². The fourth-order valence-electron chi connectivity index (χ4n) is 5.54. The lowest BCUT2D eigenvalue weighted by Gasteiger charge is -2.46. The van der Waals surface area contributed by atoms with Crippen LogP contribution in [-0.4, -0.2) is 121 Å². The quantitative estimate of drug-likeness (QED) is 0.138. The molecule has 0 saturated carbocycles. The van der Waals surface area contributed by atoms with Gasteiger partial charge in [-0.15, -0.1) is 10.2 Å². The number of thioether (sulfide) groups is 1. The Bertz CT molecular complexity index is 1630. The van der Waals surface area contributed by atoms with E-state index >= 15 is 0 Å². The first-order valence-corrected chi connectivity index (χ1v) is 15.0. The van der Waals surface area contributed by atoms with E-state index in [-0.39, 0.29) is 11.3 Å². The van der Waals surface area contributed by atoms with Crippen LogP contribution in [0.3, 0.4) is 0 Å². The number of rotatable bonds is 8. The van der Waals surface area contributed by atoms with Crippen molar-refractivity contribution in [1.82, 2.24) is 30.0 Å². The van der Waals surface area contributed by atoms with Crippen LogP contribution >= 0.6 is 11.8 Å². The third-order valence-electron chi connectivity index (χ3n) is 7.95. The minimum Gasteiger partial charge on any atom is -0.394 e. The zero-order valence-electron chi connectivity index (χ0n) is 23.6. The molecule has 2 fully saturated rings. The summed E-state index contributed by atoms with van der Waals surface area (Å²) in [5.74, 6) is -4.57. The molecule has 0 amide bonds. The summed E-state index contributed by atoms with van der Waals surface area (Å²) in [5, 5.41) is 80.5. The molecular weight excluding hydrogens is 637 g/mol. The molecule has 0 spiro atoms. The third-order valence-corrected chi connectivity index (χ3v) is 9.26. The molecule has 2 aromatic heterocycles. The van der Waals surface area contributed by atoms with Gasteiger partial charge in [0, 0.05) is 11.1 Å². The first-order chi connectivity index (χ1) is 22.1. The summed E-state index contributed by atoms with van der Waals surface area (Å²) >= 11 is 0.756. The molecule has 2 aliphatic heterocycles. The Morgan fingerprint density at radius 1 is 0.674 bits per heavy atom. The zero-order chi connectivity index (χ0) is 32.7. The van der Waals surface area contributed by atoms with Crippen LogP contribution in [0.4, 0.5) is 13.2 Å². The van der Waals surface area contributed by atoms with Gasteiger partial charge >= 0.3 is 0 Å². The summed E-state index contributed by atoms with van der Waals surface area (Å²) in [7, 11) is 0. The fourth-order valence-corrected chi connectivity index (χ4v) is 6.86. The van der Waals surface area contributed by atoms with E-state index in [0.717, 1.165) is 22.0 Å². The van der Waals surface area contributed by atoms with Gasteiger partial charge in [0.1, 0.15) is 71.0 Å². The molecule has 0 radical (unpaired) electrons. The van der Waals surface area contributed by atoms with E-state index in [9.17, 15) is 43.8 Å². The maximum atomic E-state index is 13.8. The van der Waals surface area contributed by atoms with Gasteiger partial charge in [-0.25, -0.2) is 22.5 Å². The number of nitrogens with zero attached hydrogens (tertiary/aromatic N) is 6. The number of ether oxygens (including phenoxy) is 2. The Morgan fingerprint density at radius 3 is 1.59 bits per heavy atom. The number of aromatic nitrogens is 6. The molecule has 4 aromatic rings. The highest BCUT2D eigenvalue weighted by molar-refractivity contribution is 8.00. The van der Waals surface area contributed by atoms with E-state index in [2.05, 4.69) is 20.6 Å².